The standard InChI is InChI=1S/C4H6N2O/c5-3-4(6)1-2-7/h2-3,5-6H,1H2. The Morgan fingerprint density at radius 3 is 2.43 bits per heavy atom. The van der Waals surface area contributed by atoms with Crippen LogP contribution in [0.15, 0.2) is 0 Å². The molecule has 0 heterocycles. The molecule has 0 rings (SSSR count). The van der Waals surface area contributed by atoms with Crippen molar-refractivity contribution in [3.8, 4) is 0 Å². The molecule has 0 fully saturated rings. The first kappa shape index (κ1) is 6.01. The fourth-order valence-corrected chi connectivity index (χ4v) is 0.149. The number of rotatable bonds is 3. The van der Waals surface area contributed by atoms with Crippen LogP contribution in [0, 0.1) is 10.8 Å². The summed E-state index contributed by atoms with van der Waals surface area (Å²) in [5, 5.41) is 13.1. The molecular formula is C4H6N2O. The van der Waals surface area contributed by atoms with Crippen molar-refractivity contribution in [2.45, 2.75) is 6.42 Å². The lowest BCUT2D eigenvalue weighted by molar-refractivity contribution is -0.106. The van der Waals surface area contributed by atoms with E-state index in [2.05, 4.69) is 0 Å². The van der Waals surface area contributed by atoms with Gasteiger partial charge < -0.3 is 15.6 Å². The van der Waals surface area contributed by atoms with Gasteiger partial charge in [0.1, 0.15) is 6.29 Å². The summed E-state index contributed by atoms with van der Waals surface area (Å²) >= 11 is 0. The number of aldehydes is 1. The van der Waals surface area contributed by atoms with E-state index in [9.17, 15) is 4.79 Å². The van der Waals surface area contributed by atoms with Crippen LogP contribution >= 0.6 is 0 Å². The van der Waals surface area contributed by atoms with Crippen molar-refractivity contribution in [2.75, 3.05) is 0 Å². The predicted octanol–water partition coefficient (Wildman–Crippen LogP) is 0.245. The molecule has 0 spiro atoms. The first-order valence-corrected chi connectivity index (χ1v) is 1.82. The van der Waals surface area contributed by atoms with Crippen LogP contribution in [0.4, 0.5) is 0 Å². The third kappa shape index (κ3) is 2.82. The molecular weight excluding hydrogens is 92.1 g/mol. The van der Waals surface area contributed by atoms with Crippen LogP contribution in [0.3, 0.4) is 0 Å². The maximum absolute atomic E-state index is 9.53. The summed E-state index contributed by atoms with van der Waals surface area (Å²) in [6.45, 7) is 0. The Balaban J connectivity index is 3.36. The van der Waals surface area contributed by atoms with Crippen molar-refractivity contribution in [2.24, 2.45) is 0 Å². The van der Waals surface area contributed by atoms with Gasteiger partial charge in [0.05, 0.1) is 5.71 Å². The highest BCUT2D eigenvalue weighted by molar-refractivity contribution is 6.30. The minimum Gasteiger partial charge on any atom is -0.307 e. The van der Waals surface area contributed by atoms with E-state index in [4.69, 9.17) is 10.8 Å². The second kappa shape index (κ2) is 3.21. The van der Waals surface area contributed by atoms with Crippen LogP contribution in [0.1, 0.15) is 6.42 Å². The highest BCUT2D eigenvalue weighted by atomic mass is 16.1. The summed E-state index contributed by atoms with van der Waals surface area (Å²) in [7, 11) is 0. The highest BCUT2D eigenvalue weighted by Gasteiger charge is 1.84. The third-order valence-electron chi connectivity index (χ3n) is 0.477. The first-order valence-electron chi connectivity index (χ1n) is 1.82. The van der Waals surface area contributed by atoms with Gasteiger partial charge in [-0.25, -0.2) is 0 Å². The van der Waals surface area contributed by atoms with Gasteiger partial charge in [-0.1, -0.05) is 0 Å². The minimum atomic E-state index is 0.0509. The van der Waals surface area contributed by atoms with Gasteiger partial charge in [0.2, 0.25) is 0 Å². The van der Waals surface area contributed by atoms with Gasteiger partial charge in [0.25, 0.3) is 0 Å². The smallest absolute Gasteiger partial charge is 0.125 e. The van der Waals surface area contributed by atoms with Crippen molar-refractivity contribution in [3.05, 3.63) is 0 Å². The van der Waals surface area contributed by atoms with Crippen LogP contribution in [0.25, 0.3) is 0 Å². The molecule has 2 N–H and O–H groups in total. The molecule has 38 valence electrons. The zero-order chi connectivity index (χ0) is 5.70. The van der Waals surface area contributed by atoms with Crippen molar-refractivity contribution in [3.63, 3.8) is 0 Å². The number of carbonyl (C=O) groups is 1. The quantitative estimate of drug-likeness (QED) is 0.385. The summed E-state index contributed by atoms with van der Waals surface area (Å²) in [5.41, 5.74) is 0.0509. The summed E-state index contributed by atoms with van der Waals surface area (Å²) < 4.78 is 0. The molecule has 3 nitrogen and oxygen atoms in total. The zero-order valence-corrected chi connectivity index (χ0v) is 3.77. The van der Waals surface area contributed by atoms with Gasteiger partial charge in [-0.2, -0.15) is 0 Å². The molecule has 0 saturated carbocycles. The number of nitrogens with one attached hydrogen (secondary N) is 2. The number of hydrogen-bond donors (Lipinski definition) is 2. The van der Waals surface area contributed by atoms with Gasteiger partial charge in [-0.05, 0) is 0 Å². The Morgan fingerprint density at radius 1 is 1.71 bits per heavy atom. The molecule has 0 unspecified atom stereocenters. The summed E-state index contributed by atoms with van der Waals surface area (Å²) in [4.78, 5) is 9.53. The Morgan fingerprint density at radius 2 is 2.29 bits per heavy atom. The number of carbonyl (C=O) groups excluding carboxylic acids is 1. The second-order valence-corrected chi connectivity index (χ2v) is 1.04. The molecule has 0 aliphatic carbocycles. The monoisotopic (exact) mass is 98.0 g/mol. The molecule has 0 aromatic heterocycles. The summed E-state index contributed by atoms with van der Waals surface area (Å²) in [5.74, 6) is 0. The summed E-state index contributed by atoms with van der Waals surface area (Å²) in [6, 6.07) is 0. The maximum atomic E-state index is 9.53. The van der Waals surface area contributed by atoms with Crippen molar-refractivity contribution >= 4 is 18.2 Å². The largest absolute Gasteiger partial charge is 0.307 e. The molecule has 0 saturated heterocycles. The molecule has 0 aliphatic rings. The maximum Gasteiger partial charge on any atom is 0.125 e. The zero-order valence-electron chi connectivity index (χ0n) is 3.77. The normalized spacial score (nSPS) is 7.43. The van der Waals surface area contributed by atoms with E-state index < -0.39 is 0 Å². The highest BCUT2D eigenvalue weighted by Crippen LogP contribution is 1.69. The molecule has 0 atom stereocenters. The Bertz CT molecular complexity index is 97.9. The van der Waals surface area contributed by atoms with E-state index in [0.717, 1.165) is 6.21 Å². The second-order valence-electron chi connectivity index (χ2n) is 1.04. The lowest BCUT2D eigenvalue weighted by Crippen LogP contribution is -1.95. The van der Waals surface area contributed by atoms with E-state index >= 15 is 0 Å². The average molecular weight is 98.1 g/mol. The Hall–Kier alpha value is -0.990. The lowest BCUT2D eigenvalue weighted by atomic mass is 10.3. The van der Waals surface area contributed by atoms with Gasteiger partial charge in [-0.15, -0.1) is 0 Å². The molecule has 0 bridgehead atoms. The third-order valence-corrected chi connectivity index (χ3v) is 0.477. The fourth-order valence-electron chi connectivity index (χ4n) is 0.149. The average Bonchev–Trinajstić information content (AvgIpc) is 1.68. The molecule has 3 heteroatoms. The van der Waals surface area contributed by atoms with Crippen molar-refractivity contribution < 1.29 is 4.79 Å². The topological polar surface area (TPSA) is 64.8 Å². The van der Waals surface area contributed by atoms with Gasteiger partial charge in [0.15, 0.2) is 0 Å². The fraction of sp³-hybridized carbons (Fsp3) is 0.250. The van der Waals surface area contributed by atoms with E-state index in [0.29, 0.717) is 6.29 Å². The van der Waals surface area contributed by atoms with Gasteiger partial charge in [-0.3, -0.25) is 0 Å². The molecule has 7 heavy (non-hydrogen) atoms. The lowest BCUT2D eigenvalue weighted by Gasteiger charge is -1.79. The molecule has 0 radical (unpaired) electrons. The van der Waals surface area contributed by atoms with Crippen LogP contribution in [-0.2, 0) is 4.79 Å². The predicted molar refractivity (Wildman–Crippen MR) is 27.2 cm³/mol. The van der Waals surface area contributed by atoms with Crippen LogP contribution < -0.4 is 0 Å². The first-order chi connectivity index (χ1) is 3.31. The Kier molecular flexibility index (Phi) is 2.76. The van der Waals surface area contributed by atoms with Gasteiger partial charge >= 0.3 is 0 Å². The molecule has 0 aromatic carbocycles. The summed E-state index contributed by atoms with van der Waals surface area (Å²) in [6.07, 6.45) is 1.52. The van der Waals surface area contributed by atoms with Crippen LogP contribution in [-0.4, -0.2) is 18.2 Å². The van der Waals surface area contributed by atoms with E-state index in [1.807, 2.05) is 0 Å². The van der Waals surface area contributed by atoms with Crippen molar-refractivity contribution in [1.82, 2.24) is 0 Å². The van der Waals surface area contributed by atoms with Crippen LogP contribution in [0.5, 0.6) is 0 Å². The SMILES string of the molecule is N=CC(=N)CC=O. The minimum absolute atomic E-state index is 0.0509. The Labute approximate surface area is 41.4 Å². The van der Waals surface area contributed by atoms with E-state index in [1.54, 1.807) is 0 Å². The number of hydrogen-bond acceptors (Lipinski definition) is 3. The van der Waals surface area contributed by atoms with Crippen LogP contribution in [0.2, 0.25) is 0 Å². The molecule has 0 aliphatic heterocycles. The van der Waals surface area contributed by atoms with Crippen molar-refractivity contribution in [1.29, 1.82) is 10.8 Å². The molecule has 0 aromatic rings. The van der Waals surface area contributed by atoms with E-state index in [-0.39, 0.29) is 12.1 Å². The van der Waals surface area contributed by atoms with Gasteiger partial charge in [0, 0.05) is 12.6 Å². The molecule has 0 amide bonds. The van der Waals surface area contributed by atoms with E-state index in [1.165, 1.54) is 0 Å².